The number of anilines is 1. The van der Waals surface area contributed by atoms with Crippen molar-refractivity contribution in [1.29, 1.82) is 0 Å². The van der Waals surface area contributed by atoms with E-state index in [-0.39, 0.29) is 5.54 Å². The van der Waals surface area contributed by atoms with Crippen molar-refractivity contribution in [3.8, 4) is 0 Å². The predicted molar refractivity (Wildman–Crippen MR) is 115 cm³/mol. The minimum atomic E-state index is 0.115. The third-order valence-corrected chi connectivity index (χ3v) is 4.78. The molecule has 0 radical (unpaired) electrons. The predicted octanol–water partition coefficient (Wildman–Crippen LogP) is 4.08. The lowest BCUT2D eigenvalue weighted by atomic mass is 10.1. The van der Waals surface area contributed by atoms with Crippen molar-refractivity contribution in [1.82, 2.24) is 24.8 Å². The van der Waals surface area contributed by atoms with Crippen LogP contribution in [0.2, 0.25) is 0 Å². The average molecular weight is 381 g/mol. The second kappa shape index (κ2) is 8.69. The maximum atomic E-state index is 5.89. The maximum absolute atomic E-state index is 5.89. The fourth-order valence-electron chi connectivity index (χ4n) is 3.24. The van der Waals surface area contributed by atoms with Gasteiger partial charge >= 0.3 is 0 Å². The highest BCUT2D eigenvalue weighted by atomic mass is 15.1. The molecule has 6 heteroatoms. The minimum absolute atomic E-state index is 0.115. The number of benzene rings is 1. The first-order chi connectivity index (χ1) is 13.4. The Morgan fingerprint density at radius 3 is 2.43 bits per heavy atom. The quantitative estimate of drug-likeness (QED) is 0.576. The van der Waals surface area contributed by atoms with E-state index in [1.165, 1.54) is 24.0 Å². The van der Waals surface area contributed by atoms with Gasteiger partial charge in [0.05, 0.1) is 12.0 Å². The molecule has 0 fully saturated rings. The molecule has 0 saturated heterocycles. The molecule has 0 aliphatic heterocycles. The SMILES string of the molecule is CCCCCc1nc(N)nc2ncn(Cc3ccc(CNC(C)(C)C)cc3)c12. The molecule has 0 saturated carbocycles. The van der Waals surface area contributed by atoms with E-state index in [1.807, 2.05) is 6.33 Å². The first kappa shape index (κ1) is 20.3. The zero-order valence-electron chi connectivity index (χ0n) is 17.5. The third kappa shape index (κ3) is 5.29. The average Bonchev–Trinajstić information content (AvgIpc) is 3.03. The number of fused-ring (bicyclic) bond motifs is 1. The first-order valence-corrected chi connectivity index (χ1v) is 10.2. The Hall–Kier alpha value is -2.47. The van der Waals surface area contributed by atoms with Crippen LogP contribution in [0.3, 0.4) is 0 Å². The van der Waals surface area contributed by atoms with E-state index in [4.69, 9.17) is 5.73 Å². The molecule has 150 valence electrons. The van der Waals surface area contributed by atoms with Crippen LogP contribution in [-0.2, 0) is 19.5 Å². The van der Waals surface area contributed by atoms with Crippen LogP contribution in [0.1, 0.15) is 63.8 Å². The highest BCUT2D eigenvalue weighted by Gasteiger charge is 2.13. The molecule has 3 aromatic rings. The van der Waals surface area contributed by atoms with Crippen LogP contribution in [-0.4, -0.2) is 25.1 Å². The number of imidazole rings is 1. The van der Waals surface area contributed by atoms with Gasteiger partial charge < -0.3 is 15.6 Å². The molecule has 1 aromatic carbocycles. The van der Waals surface area contributed by atoms with Gasteiger partial charge in [-0.1, -0.05) is 44.0 Å². The summed E-state index contributed by atoms with van der Waals surface area (Å²) in [6.45, 7) is 10.4. The zero-order valence-corrected chi connectivity index (χ0v) is 17.5. The van der Waals surface area contributed by atoms with Gasteiger partial charge in [-0.2, -0.15) is 4.98 Å². The van der Waals surface area contributed by atoms with Crippen LogP contribution in [0.5, 0.6) is 0 Å². The van der Waals surface area contributed by atoms with Gasteiger partial charge in [0.15, 0.2) is 5.65 Å². The number of aryl methyl sites for hydroxylation is 1. The molecule has 0 amide bonds. The van der Waals surface area contributed by atoms with E-state index < -0.39 is 0 Å². The minimum Gasteiger partial charge on any atom is -0.368 e. The van der Waals surface area contributed by atoms with Gasteiger partial charge in [-0.05, 0) is 44.7 Å². The topological polar surface area (TPSA) is 81.7 Å². The molecule has 0 unspecified atom stereocenters. The lowest BCUT2D eigenvalue weighted by molar-refractivity contribution is 0.424. The lowest BCUT2D eigenvalue weighted by Crippen LogP contribution is -2.35. The fraction of sp³-hybridized carbons (Fsp3) is 0.500. The highest BCUT2D eigenvalue weighted by molar-refractivity contribution is 5.75. The Morgan fingerprint density at radius 1 is 1.04 bits per heavy atom. The van der Waals surface area contributed by atoms with E-state index in [9.17, 15) is 0 Å². The Bertz CT molecular complexity index is 905. The van der Waals surface area contributed by atoms with Crippen molar-refractivity contribution >= 4 is 17.1 Å². The number of nitrogens with one attached hydrogen (secondary N) is 1. The monoisotopic (exact) mass is 380 g/mol. The van der Waals surface area contributed by atoms with Gasteiger partial charge in [0.1, 0.15) is 5.52 Å². The standard InChI is InChI=1S/C22H32N6/c1-5-6-7-8-18-19-20(27-21(23)26-18)24-15-28(19)14-17-11-9-16(10-12-17)13-25-22(2,3)4/h9-12,15,25H,5-8,13-14H2,1-4H3,(H2,23,26,27). The van der Waals surface area contributed by atoms with Gasteiger partial charge in [0, 0.05) is 18.6 Å². The van der Waals surface area contributed by atoms with Crippen LogP contribution < -0.4 is 11.1 Å². The van der Waals surface area contributed by atoms with Gasteiger partial charge in [-0.25, -0.2) is 9.97 Å². The second-order valence-corrected chi connectivity index (χ2v) is 8.45. The van der Waals surface area contributed by atoms with Gasteiger partial charge in [0.25, 0.3) is 0 Å². The van der Waals surface area contributed by atoms with Crippen molar-refractivity contribution in [2.45, 2.75) is 72.0 Å². The Labute approximate surface area is 167 Å². The summed E-state index contributed by atoms with van der Waals surface area (Å²) < 4.78 is 2.14. The summed E-state index contributed by atoms with van der Waals surface area (Å²) in [6, 6.07) is 8.73. The molecule has 6 nitrogen and oxygen atoms in total. The molecule has 3 rings (SSSR count). The number of nitrogens with zero attached hydrogens (tertiary/aromatic N) is 4. The van der Waals surface area contributed by atoms with Crippen molar-refractivity contribution < 1.29 is 0 Å². The lowest BCUT2D eigenvalue weighted by Gasteiger charge is -2.20. The summed E-state index contributed by atoms with van der Waals surface area (Å²) in [7, 11) is 0. The number of nitrogens with two attached hydrogens (primary N) is 1. The van der Waals surface area contributed by atoms with Crippen LogP contribution in [0.15, 0.2) is 30.6 Å². The van der Waals surface area contributed by atoms with Crippen molar-refractivity contribution in [3.63, 3.8) is 0 Å². The molecule has 0 aliphatic carbocycles. The Morgan fingerprint density at radius 2 is 1.75 bits per heavy atom. The van der Waals surface area contributed by atoms with Crippen LogP contribution in [0.25, 0.3) is 11.2 Å². The molecule has 0 atom stereocenters. The van der Waals surface area contributed by atoms with E-state index in [1.54, 1.807) is 0 Å². The summed E-state index contributed by atoms with van der Waals surface area (Å²) in [5, 5.41) is 3.52. The summed E-state index contributed by atoms with van der Waals surface area (Å²) in [4.78, 5) is 13.3. The number of rotatable bonds is 8. The number of unbranched alkanes of at least 4 members (excludes halogenated alkanes) is 2. The summed E-state index contributed by atoms with van der Waals surface area (Å²) in [5.41, 5.74) is 11.2. The Kier molecular flexibility index (Phi) is 6.29. The van der Waals surface area contributed by atoms with Crippen LogP contribution >= 0.6 is 0 Å². The van der Waals surface area contributed by atoms with Crippen LogP contribution in [0.4, 0.5) is 5.95 Å². The van der Waals surface area contributed by atoms with E-state index in [2.05, 4.69) is 76.8 Å². The number of aromatic nitrogens is 4. The van der Waals surface area contributed by atoms with Gasteiger partial charge in [-0.15, -0.1) is 0 Å². The fourth-order valence-corrected chi connectivity index (χ4v) is 3.24. The number of hydrogen-bond acceptors (Lipinski definition) is 5. The third-order valence-electron chi connectivity index (χ3n) is 4.78. The molecule has 0 bridgehead atoms. The zero-order chi connectivity index (χ0) is 20.1. The van der Waals surface area contributed by atoms with Crippen molar-refractivity contribution in [2.24, 2.45) is 0 Å². The molecule has 3 N–H and O–H groups in total. The molecule has 2 heterocycles. The van der Waals surface area contributed by atoms with E-state index in [0.29, 0.717) is 11.6 Å². The summed E-state index contributed by atoms with van der Waals surface area (Å²) in [5.74, 6) is 0.306. The molecule has 0 spiro atoms. The van der Waals surface area contributed by atoms with E-state index in [0.717, 1.165) is 37.1 Å². The summed E-state index contributed by atoms with van der Waals surface area (Å²) >= 11 is 0. The molecular weight excluding hydrogens is 348 g/mol. The molecule has 0 aliphatic rings. The van der Waals surface area contributed by atoms with Crippen molar-refractivity contribution in [3.05, 3.63) is 47.4 Å². The smallest absolute Gasteiger partial charge is 0.222 e. The summed E-state index contributed by atoms with van der Waals surface area (Å²) in [6.07, 6.45) is 6.21. The van der Waals surface area contributed by atoms with Crippen molar-refractivity contribution in [2.75, 3.05) is 5.73 Å². The largest absolute Gasteiger partial charge is 0.368 e. The second-order valence-electron chi connectivity index (χ2n) is 8.45. The van der Waals surface area contributed by atoms with E-state index >= 15 is 0 Å². The van der Waals surface area contributed by atoms with Gasteiger partial charge in [0.2, 0.25) is 5.95 Å². The number of nitrogen functional groups attached to an aromatic ring is 1. The highest BCUT2D eigenvalue weighted by Crippen LogP contribution is 2.20. The Balaban J connectivity index is 1.78. The van der Waals surface area contributed by atoms with Gasteiger partial charge in [-0.3, -0.25) is 0 Å². The van der Waals surface area contributed by atoms with Crippen LogP contribution in [0, 0.1) is 0 Å². The molecular formula is C22H32N6. The normalized spacial score (nSPS) is 12.0. The molecule has 28 heavy (non-hydrogen) atoms. The first-order valence-electron chi connectivity index (χ1n) is 10.2. The maximum Gasteiger partial charge on any atom is 0.222 e. The molecule has 2 aromatic heterocycles. The number of hydrogen-bond donors (Lipinski definition) is 2.